The Hall–Kier alpha value is -1.33. The van der Waals surface area contributed by atoms with Crippen molar-refractivity contribution < 1.29 is 14.1 Å². The van der Waals surface area contributed by atoms with E-state index < -0.39 is 0 Å². The third-order valence-electron chi connectivity index (χ3n) is 5.38. The molecule has 1 amide bonds. The molecule has 1 aliphatic carbocycles. The Balaban J connectivity index is 1.71. The SMILES string of the molecule is Cc1c(B2OCC(C)(C)CO2)ccc2c1C1(CCC1)C(=O)N2. The summed E-state index contributed by atoms with van der Waals surface area (Å²) in [6.45, 7) is 7.77. The van der Waals surface area contributed by atoms with Gasteiger partial charge in [0.25, 0.3) is 0 Å². The summed E-state index contributed by atoms with van der Waals surface area (Å²) in [5.41, 5.74) is 4.15. The number of hydrogen-bond acceptors (Lipinski definition) is 3. The molecular formula is C17H22BNO3. The summed E-state index contributed by atoms with van der Waals surface area (Å²) in [5.74, 6) is 0.167. The van der Waals surface area contributed by atoms with Crippen LogP contribution >= 0.6 is 0 Å². The van der Waals surface area contributed by atoms with Crippen LogP contribution in [0.5, 0.6) is 0 Å². The molecule has 1 spiro atoms. The van der Waals surface area contributed by atoms with Crippen LogP contribution in [0.1, 0.15) is 44.2 Å². The maximum atomic E-state index is 12.4. The second kappa shape index (κ2) is 4.59. The minimum atomic E-state index is -0.314. The van der Waals surface area contributed by atoms with E-state index in [2.05, 4.69) is 26.1 Å². The first-order valence-electron chi connectivity index (χ1n) is 8.12. The van der Waals surface area contributed by atoms with E-state index in [0.29, 0.717) is 13.2 Å². The molecule has 3 aliphatic rings. The maximum Gasteiger partial charge on any atom is 0.494 e. The van der Waals surface area contributed by atoms with Gasteiger partial charge >= 0.3 is 7.12 Å². The van der Waals surface area contributed by atoms with E-state index in [1.807, 2.05) is 12.1 Å². The average molecular weight is 299 g/mol. The van der Waals surface area contributed by atoms with Gasteiger partial charge in [-0.1, -0.05) is 26.3 Å². The zero-order chi connectivity index (χ0) is 15.5. The first kappa shape index (κ1) is 14.3. The number of hydrogen-bond donors (Lipinski definition) is 1. The fraction of sp³-hybridized carbons (Fsp3) is 0.588. The Morgan fingerprint density at radius 1 is 1.18 bits per heavy atom. The fourth-order valence-electron chi connectivity index (χ4n) is 3.94. The van der Waals surface area contributed by atoms with Crippen LogP contribution in [0.25, 0.3) is 0 Å². The lowest BCUT2D eigenvalue weighted by Gasteiger charge is -2.38. The molecule has 1 aromatic carbocycles. The topological polar surface area (TPSA) is 47.6 Å². The van der Waals surface area contributed by atoms with Gasteiger partial charge in [0.05, 0.1) is 5.41 Å². The highest BCUT2D eigenvalue weighted by Gasteiger charge is 2.52. The van der Waals surface area contributed by atoms with Gasteiger partial charge in [0, 0.05) is 24.3 Å². The first-order valence-corrected chi connectivity index (χ1v) is 8.12. The van der Waals surface area contributed by atoms with E-state index in [0.717, 1.165) is 36.0 Å². The molecule has 5 heteroatoms. The van der Waals surface area contributed by atoms with Crippen LogP contribution in [-0.2, 0) is 19.5 Å². The molecule has 1 aromatic rings. The highest BCUT2D eigenvalue weighted by molar-refractivity contribution is 6.62. The van der Waals surface area contributed by atoms with Crippen LogP contribution in [0.3, 0.4) is 0 Å². The van der Waals surface area contributed by atoms with E-state index in [-0.39, 0.29) is 23.9 Å². The largest absolute Gasteiger partial charge is 0.494 e. The van der Waals surface area contributed by atoms with Crippen molar-refractivity contribution in [1.29, 1.82) is 0 Å². The highest BCUT2D eigenvalue weighted by Crippen LogP contribution is 2.51. The highest BCUT2D eigenvalue weighted by atomic mass is 16.6. The number of nitrogens with one attached hydrogen (secondary N) is 1. The summed E-state index contributed by atoms with van der Waals surface area (Å²) >= 11 is 0. The molecule has 116 valence electrons. The summed E-state index contributed by atoms with van der Waals surface area (Å²) in [4.78, 5) is 12.4. The molecule has 1 saturated carbocycles. The lowest BCUT2D eigenvalue weighted by molar-refractivity contribution is -0.123. The molecule has 0 atom stereocenters. The van der Waals surface area contributed by atoms with Crippen molar-refractivity contribution in [2.75, 3.05) is 18.5 Å². The van der Waals surface area contributed by atoms with Gasteiger partial charge in [0.15, 0.2) is 0 Å². The van der Waals surface area contributed by atoms with Gasteiger partial charge in [-0.3, -0.25) is 4.79 Å². The van der Waals surface area contributed by atoms with Crippen LogP contribution in [-0.4, -0.2) is 26.2 Å². The molecule has 4 rings (SSSR count). The Kier molecular flexibility index (Phi) is 2.98. The van der Waals surface area contributed by atoms with Crippen LogP contribution < -0.4 is 10.8 Å². The monoisotopic (exact) mass is 299 g/mol. The zero-order valence-corrected chi connectivity index (χ0v) is 13.5. The normalized spacial score (nSPS) is 24.9. The number of anilines is 1. The number of carbonyl (C=O) groups excluding carboxylic acids is 1. The van der Waals surface area contributed by atoms with Crippen LogP contribution in [0.15, 0.2) is 12.1 Å². The van der Waals surface area contributed by atoms with Crippen molar-refractivity contribution in [3.63, 3.8) is 0 Å². The lowest BCUT2D eigenvalue weighted by atomic mass is 9.62. The van der Waals surface area contributed by atoms with Gasteiger partial charge in [-0.05, 0) is 42.4 Å². The van der Waals surface area contributed by atoms with Crippen LogP contribution in [0, 0.1) is 12.3 Å². The molecule has 0 radical (unpaired) electrons. The van der Waals surface area contributed by atoms with Crippen molar-refractivity contribution in [3.05, 3.63) is 23.3 Å². The molecule has 4 nitrogen and oxygen atoms in total. The molecule has 0 unspecified atom stereocenters. The molecular weight excluding hydrogens is 277 g/mol. The molecule has 2 aliphatic heterocycles. The van der Waals surface area contributed by atoms with E-state index in [1.165, 1.54) is 5.56 Å². The first-order chi connectivity index (χ1) is 10.4. The van der Waals surface area contributed by atoms with Crippen LogP contribution in [0.2, 0.25) is 0 Å². The van der Waals surface area contributed by atoms with Crippen molar-refractivity contribution >= 4 is 24.2 Å². The summed E-state index contributed by atoms with van der Waals surface area (Å²) in [7, 11) is -0.314. The predicted molar refractivity (Wildman–Crippen MR) is 86.4 cm³/mol. The van der Waals surface area contributed by atoms with Gasteiger partial charge in [-0.15, -0.1) is 0 Å². The standard InChI is InChI=1S/C17H22BNO3/c1-11-12(18-21-9-16(2,3)10-22-18)5-6-13-14(11)17(7-4-8-17)15(20)19-13/h5-6H,4,7-10H2,1-3H3,(H,19,20). The molecule has 0 aromatic heterocycles. The lowest BCUT2D eigenvalue weighted by Crippen LogP contribution is -2.49. The molecule has 1 saturated heterocycles. The van der Waals surface area contributed by atoms with Crippen LogP contribution in [0.4, 0.5) is 5.69 Å². The number of benzene rings is 1. The Bertz CT molecular complexity index is 642. The van der Waals surface area contributed by atoms with Gasteiger partial charge in [0.1, 0.15) is 0 Å². The predicted octanol–water partition coefficient (Wildman–Crippen LogP) is 2.14. The van der Waals surface area contributed by atoms with Gasteiger partial charge < -0.3 is 14.6 Å². The molecule has 0 bridgehead atoms. The summed E-state index contributed by atoms with van der Waals surface area (Å²) in [6.07, 6.45) is 3.03. The van der Waals surface area contributed by atoms with Gasteiger partial charge in [0.2, 0.25) is 5.91 Å². The molecule has 2 heterocycles. The van der Waals surface area contributed by atoms with E-state index in [9.17, 15) is 4.79 Å². The second-order valence-corrected chi connectivity index (χ2v) is 7.71. The third kappa shape index (κ3) is 1.88. The average Bonchev–Trinajstić information content (AvgIpc) is 2.73. The fourth-order valence-corrected chi connectivity index (χ4v) is 3.94. The Morgan fingerprint density at radius 3 is 2.45 bits per heavy atom. The van der Waals surface area contributed by atoms with E-state index in [4.69, 9.17) is 9.31 Å². The zero-order valence-electron chi connectivity index (χ0n) is 13.5. The number of rotatable bonds is 1. The molecule has 2 fully saturated rings. The van der Waals surface area contributed by atoms with Gasteiger partial charge in [-0.25, -0.2) is 0 Å². The summed E-state index contributed by atoms with van der Waals surface area (Å²) in [6, 6.07) is 4.05. The summed E-state index contributed by atoms with van der Waals surface area (Å²) in [5, 5.41) is 3.05. The molecule has 22 heavy (non-hydrogen) atoms. The minimum absolute atomic E-state index is 0.0633. The minimum Gasteiger partial charge on any atom is -0.407 e. The smallest absolute Gasteiger partial charge is 0.407 e. The quantitative estimate of drug-likeness (QED) is 0.808. The Labute approximate surface area is 131 Å². The number of fused-ring (bicyclic) bond motifs is 2. The van der Waals surface area contributed by atoms with Gasteiger partial charge in [-0.2, -0.15) is 0 Å². The third-order valence-corrected chi connectivity index (χ3v) is 5.38. The molecule has 1 N–H and O–H groups in total. The Morgan fingerprint density at radius 2 is 1.86 bits per heavy atom. The maximum absolute atomic E-state index is 12.4. The van der Waals surface area contributed by atoms with Crippen molar-refractivity contribution in [1.82, 2.24) is 0 Å². The van der Waals surface area contributed by atoms with E-state index in [1.54, 1.807) is 0 Å². The van der Waals surface area contributed by atoms with E-state index >= 15 is 0 Å². The van der Waals surface area contributed by atoms with Crippen molar-refractivity contribution in [3.8, 4) is 0 Å². The summed E-state index contributed by atoms with van der Waals surface area (Å²) < 4.78 is 11.9. The number of amides is 1. The number of carbonyl (C=O) groups is 1. The van der Waals surface area contributed by atoms with Crippen molar-refractivity contribution in [2.45, 2.75) is 45.4 Å². The second-order valence-electron chi connectivity index (χ2n) is 7.71. The van der Waals surface area contributed by atoms with Crippen molar-refractivity contribution in [2.24, 2.45) is 5.41 Å².